The lowest BCUT2D eigenvalue weighted by molar-refractivity contribution is 0.414. The van der Waals surface area contributed by atoms with Gasteiger partial charge in [0.2, 0.25) is 0 Å². The smallest absolute Gasteiger partial charge is 0.262 e. The predicted octanol–water partition coefficient (Wildman–Crippen LogP) is 1.49. The third-order valence-corrected chi connectivity index (χ3v) is 4.23. The number of rotatable bonds is 5. The van der Waals surface area contributed by atoms with Crippen LogP contribution in [0.15, 0.2) is 41.4 Å². The van der Waals surface area contributed by atoms with Crippen molar-refractivity contribution < 1.29 is 13.2 Å². The summed E-state index contributed by atoms with van der Waals surface area (Å²) >= 11 is 0. The molecule has 0 atom stereocenters. The van der Waals surface area contributed by atoms with Crippen molar-refractivity contribution >= 4 is 21.5 Å². The maximum atomic E-state index is 12.3. The molecule has 21 heavy (non-hydrogen) atoms. The lowest BCUT2D eigenvalue weighted by Crippen LogP contribution is -2.15. The number of benzene rings is 1. The molecule has 0 aliphatic rings. The summed E-state index contributed by atoms with van der Waals surface area (Å²) in [5.41, 5.74) is 3.55. The van der Waals surface area contributed by atoms with Crippen LogP contribution in [0.4, 0.5) is 11.5 Å². The Morgan fingerprint density at radius 1 is 1.24 bits per heavy atom. The molecule has 0 aliphatic carbocycles. The van der Waals surface area contributed by atoms with Crippen molar-refractivity contribution in [3.63, 3.8) is 0 Å². The number of ether oxygens (including phenoxy) is 1. The first-order valence-electron chi connectivity index (χ1n) is 6.06. The summed E-state index contributed by atoms with van der Waals surface area (Å²) in [5, 5.41) is 0. The lowest BCUT2D eigenvalue weighted by Gasteiger charge is -2.12. The van der Waals surface area contributed by atoms with Gasteiger partial charge in [0.05, 0.1) is 17.7 Å². The van der Waals surface area contributed by atoms with Crippen molar-refractivity contribution in [2.45, 2.75) is 11.8 Å². The minimum Gasteiger partial charge on any atom is -0.497 e. The molecule has 0 aliphatic heterocycles. The van der Waals surface area contributed by atoms with Crippen molar-refractivity contribution in [2.75, 3.05) is 17.3 Å². The normalized spacial score (nSPS) is 11.0. The summed E-state index contributed by atoms with van der Waals surface area (Å²) in [6.45, 7) is 1.79. The predicted molar refractivity (Wildman–Crippen MR) is 80.6 cm³/mol. The minimum atomic E-state index is -3.71. The fourth-order valence-electron chi connectivity index (χ4n) is 1.74. The zero-order valence-corrected chi connectivity index (χ0v) is 12.4. The molecule has 7 nitrogen and oxygen atoms in total. The van der Waals surface area contributed by atoms with Gasteiger partial charge in [0.15, 0.2) is 0 Å². The number of aromatic nitrogens is 1. The van der Waals surface area contributed by atoms with Gasteiger partial charge in [-0.3, -0.25) is 4.72 Å². The van der Waals surface area contributed by atoms with Gasteiger partial charge in [-0.1, -0.05) is 0 Å². The van der Waals surface area contributed by atoms with E-state index >= 15 is 0 Å². The molecule has 1 aromatic carbocycles. The van der Waals surface area contributed by atoms with Gasteiger partial charge >= 0.3 is 0 Å². The first-order valence-corrected chi connectivity index (χ1v) is 7.54. The van der Waals surface area contributed by atoms with Crippen LogP contribution in [0.2, 0.25) is 0 Å². The second-order valence-corrected chi connectivity index (χ2v) is 5.99. The Balaban J connectivity index is 2.32. The molecule has 2 rings (SSSR count). The number of anilines is 2. The Kier molecular flexibility index (Phi) is 4.29. The molecule has 0 radical (unpaired) electrons. The number of methoxy groups -OCH3 is 1. The molecule has 0 saturated carbocycles. The van der Waals surface area contributed by atoms with Gasteiger partial charge in [0, 0.05) is 12.3 Å². The molecule has 1 heterocycles. The van der Waals surface area contributed by atoms with E-state index in [1.54, 1.807) is 32.2 Å². The van der Waals surface area contributed by atoms with Crippen molar-refractivity contribution in [1.82, 2.24) is 4.98 Å². The van der Waals surface area contributed by atoms with Crippen LogP contribution in [0.25, 0.3) is 0 Å². The van der Waals surface area contributed by atoms with E-state index in [0.717, 1.165) is 5.56 Å². The number of hydrogen-bond donors (Lipinski definition) is 3. The number of hydrazine groups is 1. The van der Waals surface area contributed by atoms with Gasteiger partial charge in [0.1, 0.15) is 11.6 Å². The molecule has 8 heteroatoms. The van der Waals surface area contributed by atoms with E-state index in [4.69, 9.17) is 10.6 Å². The minimum absolute atomic E-state index is 0.0701. The summed E-state index contributed by atoms with van der Waals surface area (Å²) in [6, 6.07) is 7.82. The highest BCUT2D eigenvalue weighted by molar-refractivity contribution is 7.92. The molecule has 1 aromatic heterocycles. The van der Waals surface area contributed by atoms with Crippen molar-refractivity contribution in [3.8, 4) is 5.75 Å². The third kappa shape index (κ3) is 3.41. The van der Waals surface area contributed by atoms with Crippen LogP contribution in [-0.4, -0.2) is 20.5 Å². The molecular formula is C13H16N4O3S. The number of aryl methyl sites for hydroxylation is 1. The Morgan fingerprint density at radius 3 is 2.62 bits per heavy atom. The number of nitrogen functional groups attached to an aromatic ring is 1. The van der Waals surface area contributed by atoms with Crippen LogP contribution in [-0.2, 0) is 10.0 Å². The molecule has 0 amide bonds. The lowest BCUT2D eigenvalue weighted by atomic mass is 10.2. The van der Waals surface area contributed by atoms with E-state index in [0.29, 0.717) is 11.4 Å². The Bertz CT molecular complexity index is 747. The molecule has 0 spiro atoms. The fourth-order valence-corrected chi connectivity index (χ4v) is 2.88. The highest BCUT2D eigenvalue weighted by Crippen LogP contribution is 2.24. The molecule has 0 fully saturated rings. The van der Waals surface area contributed by atoms with E-state index < -0.39 is 10.0 Å². The van der Waals surface area contributed by atoms with Crippen LogP contribution in [0.1, 0.15) is 5.56 Å². The van der Waals surface area contributed by atoms with E-state index in [1.807, 2.05) is 0 Å². The summed E-state index contributed by atoms with van der Waals surface area (Å²) in [6.07, 6.45) is 1.37. The van der Waals surface area contributed by atoms with Crippen LogP contribution in [0.3, 0.4) is 0 Å². The van der Waals surface area contributed by atoms with E-state index in [9.17, 15) is 8.42 Å². The quantitative estimate of drug-likeness (QED) is 0.570. The molecule has 0 unspecified atom stereocenters. The average molecular weight is 308 g/mol. The van der Waals surface area contributed by atoms with E-state index in [-0.39, 0.29) is 10.7 Å². The van der Waals surface area contributed by atoms with Crippen LogP contribution in [0.5, 0.6) is 5.75 Å². The van der Waals surface area contributed by atoms with Crippen molar-refractivity contribution in [3.05, 3.63) is 42.1 Å². The third-order valence-electron chi connectivity index (χ3n) is 2.87. The van der Waals surface area contributed by atoms with E-state index in [2.05, 4.69) is 15.1 Å². The summed E-state index contributed by atoms with van der Waals surface area (Å²) in [7, 11) is -2.16. The van der Waals surface area contributed by atoms with Gasteiger partial charge < -0.3 is 10.2 Å². The summed E-state index contributed by atoms with van der Waals surface area (Å²) < 4.78 is 32.3. The maximum Gasteiger partial charge on any atom is 0.262 e. The number of sulfonamides is 1. The summed E-state index contributed by atoms with van der Waals surface area (Å²) in [4.78, 5) is 3.94. The topological polar surface area (TPSA) is 106 Å². The van der Waals surface area contributed by atoms with E-state index in [1.165, 1.54) is 18.3 Å². The first-order chi connectivity index (χ1) is 9.96. The molecule has 112 valence electrons. The SMILES string of the molecule is COc1ccc(NS(=O)(=O)c2ccnc(NN)c2)c(C)c1. The number of nitrogens with zero attached hydrogens (tertiary/aromatic N) is 1. The molecule has 0 saturated heterocycles. The molecular weight excluding hydrogens is 292 g/mol. The Morgan fingerprint density at radius 2 is 2.00 bits per heavy atom. The van der Waals surface area contributed by atoms with Gasteiger partial charge in [-0.05, 0) is 36.8 Å². The maximum absolute atomic E-state index is 12.3. The second kappa shape index (κ2) is 5.98. The molecule has 0 bridgehead atoms. The first kappa shape index (κ1) is 15.1. The second-order valence-electron chi connectivity index (χ2n) is 4.31. The van der Waals surface area contributed by atoms with Gasteiger partial charge in [-0.15, -0.1) is 0 Å². The zero-order valence-electron chi connectivity index (χ0n) is 11.6. The van der Waals surface area contributed by atoms with Crippen LogP contribution in [0, 0.1) is 6.92 Å². The Labute approximate surface area is 123 Å². The monoisotopic (exact) mass is 308 g/mol. The van der Waals surface area contributed by atoms with Crippen LogP contribution < -0.4 is 20.7 Å². The summed E-state index contributed by atoms with van der Waals surface area (Å²) in [5.74, 6) is 6.16. The highest BCUT2D eigenvalue weighted by atomic mass is 32.2. The number of nitrogens with two attached hydrogens (primary N) is 1. The number of nitrogens with one attached hydrogen (secondary N) is 2. The largest absolute Gasteiger partial charge is 0.497 e. The highest BCUT2D eigenvalue weighted by Gasteiger charge is 2.16. The number of pyridine rings is 1. The van der Waals surface area contributed by atoms with Gasteiger partial charge in [-0.2, -0.15) is 0 Å². The van der Waals surface area contributed by atoms with Gasteiger partial charge in [0.25, 0.3) is 10.0 Å². The standard InChI is InChI=1S/C13H16N4O3S/c1-9-7-10(20-2)3-4-12(9)17-21(18,19)11-5-6-15-13(8-11)16-14/h3-8,17H,14H2,1-2H3,(H,15,16). The Hall–Kier alpha value is -2.32. The fraction of sp³-hybridized carbons (Fsp3) is 0.154. The number of hydrogen-bond acceptors (Lipinski definition) is 6. The molecule has 2 aromatic rings. The van der Waals surface area contributed by atoms with Gasteiger partial charge in [-0.25, -0.2) is 19.2 Å². The average Bonchev–Trinajstić information content (AvgIpc) is 2.49. The zero-order chi connectivity index (χ0) is 15.5. The van der Waals surface area contributed by atoms with Crippen molar-refractivity contribution in [1.29, 1.82) is 0 Å². The molecule has 4 N–H and O–H groups in total. The van der Waals surface area contributed by atoms with Crippen LogP contribution >= 0.6 is 0 Å². The van der Waals surface area contributed by atoms with Crippen molar-refractivity contribution in [2.24, 2.45) is 5.84 Å².